The molecule has 0 unspecified atom stereocenters. The van der Waals surface area contributed by atoms with Crippen LogP contribution in [0.25, 0.3) is 10.8 Å². The van der Waals surface area contributed by atoms with Gasteiger partial charge in [-0.2, -0.15) is 0 Å². The van der Waals surface area contributed by atoms with E-state index in [9.17, 15) is 0 Å². The maximum atomic E-state index is 4.53. The average molecular weight is 197 g/mol. The lowest BCUT2D eigenvalue weighted by Crippen LogP contribution is -1.82. The van der Waals surface area contributed by atoms with Gasteiger partial charge in [-0.3, -0.25) is 4.99 Å². The van der Waals surface area contributed by atoms with Gasteiger partial charge in [0.2, 0.25) is 0 Å². The van der Waals surface area contributed by atoms with E-state index in [1.165, 1.54) is 16.3 Å². The number of hydrogen-bond donors (Lipinski definition) is 0. The van der Waals surface area contributed by atoms with Crippen LogP contribution in [0.15, 0.2) is 41.4 Å². The van der Waals surface area contributed by atoms with Crippen LogP contribution in [0, 0.1) is 6.92 Å². The fourth-order valence-electron chi connectivity index (χ4n) is 1.70. The SMILES string of the molecule is CC(C)=Nc1cc2ccccc2cc1C. The number of aliphatic imine (C=N–C) groups is 1. The Morgan fingerprint density at radius 2 is 1.60 bits per heavy atom. The maximum Gasteiger partial charge on any atom is 0.0664 e. The van der Waals surface area contributed by atoms with Gasteiger partial charge in [0.25, 0.3) is 0 Å². The average Bonchev–Trinajstić information content (AvgIpc) is 2.18. The number of hydrogen-bond acceptors (Lipinski definition) is 1. The highest BCUT2D eigenvalue weighted by Crippen LogP contribution is 2.25. The van der Waals surface area contributed by atoms with Crippen molar-refractivity contribution in [1.82, 2.24) is 0 Å². The third-order valence-electron chi connectivity index (χ3n) is 2.41. The quantitative estimate of drug-likeness (QED) is 0.606. The van der Waals surface area contributed by atoms with Crippen molar-refractivity contribution >= 4 is 22.2 Å². The fourth-order valence-corrected chi connectivity index (χ4v) is 1.70. The van der Waals surface area contributed by atoms with Crippen LogP contribution in [0.5, 0.6) is 0 Å². The summed E-state index contributed by atoms with van der Waals surface area (Å²) in [5.41, 5.74) is 3.40. The zero-order chi connectivity index (χ0) is 10.8. The Bertz CT molecular complexity index is 520. The second kappa shape index (κ2) is 3.85. The summed E-state index contributed by atoms with van der Waals surface area (Å²) in [6.07, 6.45) is 0. The number of fused-ring (bicyclic) bond motifs is 1. The molecule has 0 amide bonds. The molecule has 2 aromatic rings. The topological polar surface area (TPSA) is 12.4 Å². The van der Waals surface area contributed by atoms with Gasteiger partial charge in [0.1, 0.15) is 0 Å². The summed E-state index contributed by atoms with van der Waals surface area (Å²) in [6, 6.07) is 12.7. The van der Waals surface area contributed by atoms with Gasteiger partial charge >= 0.3 is 0 Å². The Labute approximate surface area is 90.5 Å². The second-order valence-corrected chi connectivity index (χ2v) is 4.04. The molecular formula is C14H15N. The van der Waals surface area contributed by atoms with Crippen LogP contribution >= 0.6 is 0 Å². The molecule has 0 heterocycles. The molecule has 0 saturated heterocycles. The fraction of sp³-hybridized carbons (Fsp3) is 0.214. The van der Waals surface area contributed by atoms with E-state index in [4.69, 9.17) is 0 Å². The van der Waals surface area contributed by atoms with Crippen LogP contribution < -0.4 is 0 Å². The van der Waals surface area contributed by atoms with Gasteiger partial charge in [-0.1, -0.05) is 24.3 Å². The molecule has 0 fully saturated rings. The van der Waals surface area contributed by atoms with Crippen LogP contribution in [0.2, 0.25) is 0 Å². The van der Waals surface area contributed by atoms with Crippen molar-refractivity contribution in [2.45, 2.75) is 20.8 Å². The molecule has 1 nitrogen and oxygen atoms in total. The molecule has 0 radical (unpaired) electrons. The summed E-state index contributed by atoms with van der Waals surface area (Å²) in [5.74, 6) is 0. The third-order valence-corrected chi connectivity index (χ3v) is 2.41. The van der Waals surface area contributed by atoms with Crippen molar-refractivity contribution in [2.75, 3.05) is 0 Å². The Morgan fingerprint density at radius 1 is 1.00 bits per heavy atom. The molecule has 0 aliphatic rings. The van der Waals surface area contributed by atoms with Crippen molar-refractivity contribution in [3.05, 3.63) is 42.0 Å². The molecule has 15 heavy (non-hydrogen) atoms. The van der Waals surface area contributed by atoms with E-state index in [0.717, 1.165) is 11.4 Å². The lowest BCUT2D eigenvalue weighted by atomic mass is 10.1. The highest BCUT2D eigenvalue weighted by molar-refractivity contribution is 5.89. The van der Waals surface area contributed by atoms with Gasteiger partial charge in [0, 0.05) is 5.71 Å². The minimum atomic E-state index is 1.08. The molecule has 0 atom stereocenters. The van der Waals surface area contributed by atoms with Gasteiger partial charge in [0.15, 0.2) is 0 Å². The van der Waals surface area contributed by atoms with Crippen LogP contribution in [0.1, 0.15) is 19.4 Å². The van der Waals surface area contributed by atoms with Crippen molar-refractivity contribution in [2.24, 2.45) is 4.99 Å². The van der Waals surface area contributed by atoms with E-state index in [0.29, 0.717) is 0 Å². The van der Waals surface area contributed by atoms with E-state index in [2.05, 4.69) is 48.3 Å². The maximum absolute atomic E-state index is 4.53. The Morgan fingerprint density at radius 3 is 2.20 bits per heavy atom. The van der Waals surface area contributed by atoms with Crippen LogP contribution in [0.4, 0.5) is 5.69 Å². The Balaban J connectivity index is 2.67. The molecule has 0 saturated carbocycles. The number of aryl methyl sites for hydroxylation is 1. The molecule has 0 bridgehead atoms. The highest BCUT2D eigenvalue weighted by atomic mass is 14.7. The first-order valence-corrected chi connectivity index (χ1v) is 5.18. The molecule has 0 N–H and O–H groups in total. The number of rotatable bonds is 1. The molecule has 2 aromatic carbocycles. The zero-order valence-corrected chi connectivity index (χ0v) is 9.41. The summed E-state index contributed by atoms with van der Waals surface area (Å²) in [6.45, 7) is 6.15. The largest absolute Gasteiger partial charge is 0.258 e. The summed E-state index contributed by atoms with van der Waals surface area (Å²) < 4.78 is 0. The number of benzene rings is 2. The zero-order valence-electron chi connectivity index (χ0n) is 9.41. The third kappa shape index (κ3) is 2.07. The molecule has 0 aromatic heterocycles. The van der Waals surface area contributed by atoms with E-state index in [-0.39, 0.29) is 0 Å². The standard InChI is InChI=1S/C14H15N/c1-10(2)15-14-9-13-7-5-4-6-12(13)8-11(14)3/h4-9H,1-3H3. The van der Waals surface area contributed by atoms with Crippen molar-refractivity contribution in [3.63, 3.8) is 0 Å². The predicted octanol–water partition coefficient (Wildman–Crippen LogP) is 4.26. The van der Waals surface area contributed by atoms with E-state index < -0.39 is 0 Å². The minimum absolute atomic E-state index is 1.08. The Kier molecular flexibility index (Phi) is 2.55. The molecular weight excluding hydrogens is 182 g/mol. The molecule has 2 rings (SSSR count). The molecule has 0 aliphatic carbocycles. The van der Waals surface area contributed by atoms with Crippen LogP contribution in [-0.2, 0) is 0 Å². The van der Waals surface area contributed by atoms with Crippen LogP contribution in [0.3, 0.4) is 0 Å². The van der Waals surface area contributed by atoms with Gasteiger partial charge in [-0.15, -0.1) is 0 Å². The highest BCUT2D eigenvalue weighted by Gasteiger charge is 1.99. The van der Waals surface area contributed by atoms with Crippen LogP contribution in [-0.4, -0.2) is 5.71 Å². The first-order valence-electron chi connectivity index (χ1n) is 5.18. The van der Waals surface area contributed by atoms with E-state index in [1.54, 1.807) is 0 Å². The molecule has 0 aliphatic heterocycles. The van der Waals surface area contributed by atoms with Crippen molar-refractivity contribution in [3.8, 4) is 0 Å². The van der Waals surface area contributed by atoms with Gasteiger partial charge in [0.05, 0.1) is 5.69 Å². The summed E-state index contributed by atoms with van der Waals surface area (Å²) in [7, 11) is 0. The first-order chi connectivity index (χ1) is 7.16. The van der Waals surface area contributed by atoms with E-state index in [1.807, 2.05) is 13.8 Å². The van der Waals surface area contributed by atoms with Crippen molar-refractivity contribution in [1.29, 1.82) is 0 Å². The summed E-state index contributed by atoms with van der Waals surface area (Å²) >= 11 is 0. The van der Waals surface area contributed by atoms with Gasteiger partial charge in [-0.25, -0.2) is 0 Å². The van der Waals surface area contributed by atoms with Crippen molar-refractivity contribution < 1.29 is 0 Å². The monoisotopic (exact) mass is 197 g/mol. The van der Waals surface area contributed by atoms with Gasteiger partial charge in [-0.05, 0) is 49.2 Å². The molecule has 1 heteroatoms. The lowest BCUT2D eigenvalue weighted by molar-refractivity contribution is 1.40. The molecule has 76 valence electrons. The minimum Gasteiger partial charge on any atom is -0.258 e. The predicted molar refractivity (Wildman–Crippen MR) is 67.1 cm³/mol. The second-order valence-electron chi connectivity index (χ2n) is 4.04. The normalized spacial score (nSPS) is 10.3. The summed E-state index contributed by atoms with van der Waals surface area (Å²) in [4.78, 5) is 4.53. The van der Waals surface area contributed by atoms with Gasteiger partial charge < -0.3 is 0 Å². The van der Waals surface area contributed by atoms with E-state index >= 15 is 0 Å². The smallest absolute Gasteiger partial charge is 0.0664 e. The number of nitrogens with zero attached hydrogens (tertiary/aromatic N) is 1. The Hall–Kier alpha value is -1.63. The summed E-state index contributed by atoms with van der Waals surface area (Å²) in [5, 5.41) is 2.53. The first kappa shape index (κ1) is 9.91. The molecule has 0 spiro atoms. The lowest BCUT2D eigenvalue weighted by Gasteiger charge is -2.04.